The number of anilines is 1. The third kappa shape index (κ3) is 6.09. The SMILES string of the molecule is Cc1csc(NC(=O)NC[C@](C)(O)C(=O)OC(C)(C)C)n1. The minimum Gasteiger partial charge on any atom is -0.458 e. The molecule has 0 radical (unpaired) electrons. The van der Waals surface area contributed by atoms with Crippen molar-refractivity contribution in [3.05, 3.63) is 11.1 Å². The Bertz CT molecular complexity index is 520. The molecule has 0 bridgehead atoms. The van der Waals surface area contributed by atoms with E-state index in [0.29, 0.717) is 5.13 Å². The predicted octanol–water partition coefficient (Wildman–Crippen LogP) is 1.67. The van der Waals surface area contributed by atoms with Crippen LogP contribution in [0.1, 0.15) is 33.4 Å². The van der Waals surface area contributed by atoms with Gasteiger partial charge in [-0.3, -0.25) is 5.32 Å². The van der Waals surface area contributed by atoms with E-state index >= 15 is 0 Å². The number of urea groups is 1. The molecule has 0 aromatic carbocycles. The van der Waals surface area contributed by atoms with E-state index in [0.717, 1.165) is 5.69 Å². The molecule has 0 saturated heterocycles. The summed E-state index contributed by atoms with van der Waals surface area (Å²) in [7, 11) is 0. The zero-order valence-corrected chi connectivity index (χ0v) is 13.6. The smallest absolute Gasteiger partial charge is 0.340 e. The quantitative estimate of drug-likeness (QED) is 0.734. The standard InChI is InChI=1S/C13H21N3O4S/c1-8-6-21-11(15-8)16-10(18)14-7-13(5,19)9(17)20-12(2,3)4/h6,19H,7H2,1-5H3,(H2,14,15,16,18)/t13-/m0/s1. The molecule has 0 aliphatic heterocycles. The number of aromatic nitrogens is 1. The molecule has 1 rings (SSSR count). The molecular formula is C13H21N3O4S. The summed E-state index contributed by atoms with van der Waals surface area (Å²) in [5.74, 6) is -0.791. The number of hydrogen-bond acceptors (Lipinski definition) is 6. The molecule has 21 heavy (non-hydrogen) atoms. The van der Waals surface area contributed by atoms with Gasteiger partial charge in [0.15, 0.2) is 10.7 Å². The zero-order valence-electron chi connectivity index (χ0n) is 12.8. The minimum absolute atomic E-state index is 0.266. The molecule has 3 N–H and O–H groups in total. The van der Waals surface area contributed by atoms with Crippen molar-refractivity contribution in [1.29, 1.82) is 0 Å². The van der Waals surface area contributed by atoms with Crippen LogP contribution >= 0.6 is 11.3 Å². The summed E-state index contributed by atoms with van der Waals surface area (Å²) in [6.45, 7) is 7.93. The third-order valence-corrected chi connectivity index (χ3v) is 3.15. The maximum atomic E-state index is 11.8. The molecule has 0 aliphatic carbocycles. The van der Waals surface area contributed by atoms with Crippen LogP contribution in [-0.4, -0.2) is 39.8 Å². The summed E-state index contributed by atoms with van der Waals surface area (Å²) in [4.78, 5) is 27.5. The second-order valence-electron chi connectivity index (χ2n) is 5.88. The van der Waals surface area contributed by atoms with Gasteiger partial charge in [-0.15, -0.1) is 11.3 Å². The second kappa shape index (κ2) is 6.40. The zero-order chi connectivity index (χ0) is 16.3. The van der Waals surface area contributed by atoms with Gasteiger partial charge in [-0.25, -0.2) is 14.6 Å². The highest BCUT2D eigenvalue weighted by molar-refractivity contribution is 7.13. The van der Waals surface area contributed by atoms with Crippen molar-refractivity contribution in [3.8, 4) is 0 Å². The van der Waals surface area contributed by atoms with Crippen molar-refractivity contribution in [2.45, 2.75) is 45.8 Å². The van der Waals surface area contributed by atoms with Crippen LogP contribution in [0, 0.1) is 6.92 Å². The molecule has 8 heteroatoms. The number of nitrogens with one attached hydrogen (secondary N) is 2. The Hall–Kier alpha value is -1.67. The van der Waals surface area contributed by atoms with E-state index in [1.807, 2.05) is 6.92 Å². The van der Waals surface area contributed by atoms with Gasteiger partial charge in [0.05, 0.1) is 12.2 Å². The molecule has 1 atom stereocenters. The number of ether oxygens (including phenoxy) is 1. The van der Waals surface area contributed by atoms with Crippen LogP contribution in [0.2, 0.25) is 0 Å². The lowest BCUT2D eigenvalue weighted by molar-refractivity contribution is -0.174. The summed E-state index contributed by atoms with van der Waals surface area (Å²) in [5.41, 5.74) is -1.71. The average Bonchev–Trinajstić information content (AvgIpc) is 2.70. The molecule has 1 aromatic heterocycles. The molecule has 118 valence electrons. The van der Waals surface area contributed by atoms with Gasteiger partial charge in [-0.2, -0.15) is 0 Å². The van der Waals surface area contributed by atoms with Crippen LogP contribution in [0.25, 0.3) is 0 Å². The van der Waals surface area contributed by atoms with Crippen LogP contribution in [-0.2, 0) is 9.53 Å². The van der Waals surface area contributed by atoms with Gasteiger partial charge >= 0.3 is 12.0 Å². The monoisotopic (exact) mass is 315 g/mol. The van der Waals surface area contributed by atoms with E-state index in [1.54, 1.807) is 26.2 Å². The molecule has 0 spiro atoms. The van der Waals surface area contributed by atoms with Gasteiger partial charge in [-0.1, -0.05) is 0 Å². The number of aliphatic hydroxyl groups is 1. The van der Waals surface area contributed by atoms with Gasteiger partial charge in [0, 0.05) is 5.38 Å². The molecule has 1 aromatic rings. The first-order valence-corrected chi connectivity index (χ1v) is 7.30. The molecule has 0 fully saturated rings. The number of amides is 2. The van der Waals surface area contributed by atoms with Gasteiger partial charge in [-0.05, 0) is 34.6 Å². The Balaban J connectivity index is 2.48. The van der Waals surface area contributed by atoms with E-state index in [2.05, 4.69) is 15.6 Å². The van der Waals surface area contributed by atoms with E-state index < -0.39 is 23.2 Å². The molecule has 1 heterocycles. The van der Waals surface area contributed by atoms with Gasteiger partial charge in [0.2, 0.25) is 0 Å². The Labute approximate surface area is 127 Å². The summed E-state index contributed by atoms with van der Waals surface area (Å²) < 4.78 is 5.09. The highest BCUT2D eigenvalue weighted by atomic mass is 32.1. The number of nitrogens with zero attached hydrogens (tertiary/aromatic N) is 1. The first kappa shape index (κ1) is 17.4. The Morgan fingerprint density at radius 1 is 1.38 bits per heavy atom. The molecule has 2 amide bonds. The number of esters is 1. The Morgan fingerprint density at radius 3 is 2.48 bits per heavy atom. The Morgan fingerprint density at radius 2 is 2.00 bits per heavy atom. The molecule has 0 saturated carbocycles. The van der Waals surface area contributed by atoms with Gasteiger partial charge in [0.1, 0.15) is 5.60 Å². The minimum atomic E-state index is -1.80. The summed E-state index contributed by atoms with van der Waals surface area (Å²) in [6, 6.07) is -0.548. The molecule has 0 aliphatic rings. The lowest BCUT2D eigenvalue weighted by Crippen LogP contribution is -2.50. The summed E-state index contributed by atoms with van der Waals surface area (Å²) in [6.07, 6.45) is 0. The predicted molar refractivity (Wildman–Crippen MR) is 80.3 cm³/mol. The highest BCUT2D eigenvalue weighted by Gasteiger charge is 2.35. The maximum absolute atomic E-state index is 11.8. The first-order chi connectivity index (χ1) is 9.49. The van der Waals surface area contributed by atoms with Crippen LogP contribution in [0.15, 0.2) is 5.38 Å². The molecular weight excluding hydrogens is 294 g/mol. The van der Waals surface area contributed by atoms with E-state index in [-0.39, 0.29) is 6.54 Å². The van der Waals surface area contributed by atoms with Crippen molar-refractivity contribution in [2.24, 2.45) is 0 Å². The maximum Gasteiger partial charge on any atom is 0.340 e. The van der Waals surface area contributed by atoms with Crippen LogP contribution in [0.4, 0.5) is 9.93 Å². The average molecular weight is 315 g/mol. The fourth-order valence-corrected chi connectivity index (χ4v) is 1.95. The number of aryl methyl sites for hydroxylation is 1. The number of hydrogen-bond donors (Lipinski definition) is 3. The molecule has 0 unspecified atom stereocenters. The third-order valence-electron chi connectivity index (χ3n) is 2.27. The fourth-order valence-electron chi connectivity index (χ4n) is 1.27. The summed E-state index contributed by atoms with van der Waals surface area (Å²) in [5, 5.41) is 17.2. The summed E-state index contributed by atoms with van der Waals surface area (Å²) >= 11 is 1.29. The van der Waals surface area contributed by atoms with Gasteiger partial charge < -0.3 is 15.2 Å². The van der Waals surface area contributed by atoms with E-state index in [9.17, 15) is 14.7 Å². The topological polar surface area (TPSA) is 101 Å². The number of carbonyl (C=O) groups is 2. The lowest BCUT2D eigenvalue weighted by atomic mass is 10.1. The van der Waals surface area contributed by atoms with Crippen molar-refractivity contribution < 1.29 is 19.4 Å². The first-order valence-electron chi connectivity index (χ1n) is 6.42. The Kier molecular flexibility index (Phi) is 5.30. The lowest BCUT2D eigenvalue weighted by Gasteiger charge is -2.27. The molecule has 7 nitrogen and oxygen atoms in total. The van der Waals surface area contributed by atoms with Gasteiger partial charge in [0.25, 0.3) is 0 Å². The van der Waals surface area contributed by atoms with Crippen LogP contribution in [0.5, 0.6) is 0 Å². The highest BCUT2D eigenvalue weighted by Crippen LogP contribution is 2.15. The van der Waals surface area contributed by atoms with Crippen LogP contribution in [0.3, 0.4) is 0 Å². The number of rotatable bonds is 4. The van der Waals surface area contributed by atoms with E-state index in [4.69, 9.17) is 4.74 Å². The van der Waals surface area contributed by atoms with Crippen molar-refractivity contribution in [2.75, 3.05) is 11.9 Å². The largest absolute Gasteiger partial charge is 0.458 e. The normalized spacial score (nSPS) is 14.2. The van der Waals surface area contributed by atoms with Crippen LogP contribution < -0.4 is 10.6 Å². The fraction of sp³-hybridized carbons (Fsp3) is 0.615. The number of thiazole rings is 1. The van der Waals surface area contributed by atoms with E-state index in [1.165, 1.54) is 18.3 Å². The van der Waals surface area contributed by atoms with Crippen molar-refractivity contribution in [3.63, 3.8) is 0 Å². The van der Waals surface area contributed by atoms with Crippen molar-refractivity contribution >= 4 is 28.5 Å². The second-order valence-corrected chi connectivity index (χ2v) is 6.74. The number of carbonyl (C=O) groups excluding carboxylic acids is 2. The van der Waals surface area contributed by atoms with Crippen molar-refractivity contribution in [1.82, 2.24) is 10.3 Å².